The van der Waals surface area contributed by atoms with Gasteiger partial charge in [0.15, 0.2) is 5.96 Å². The maximum Gasteiger partial charge on any atom is 0.224 e. The number of carbonyl (C=O) groups is 1. The van der Waals surface area contributed by atoms with Crippen LogP contribution >= 0.6 is 35.6 Å². The highest BCUT2D eigenvalue weighted by Crippen LogP contribution is 2.24. The molecule has 0 saturated carbocycles. The Kier molecular flexibility index (Phi) is 11.2. The monoisotopic (exact) mass is 559 g/mol. The third-order valence-electron chi connectivity index (χ3n) is 5.14. The molecule has 2 aromatic rings. The Hall–Kier alpha value is -1.78. The molecule has 3 N–H and O–H groups in total. The zero-order chi connectivity index (χ0) is 21.2. The highest BCUT2D eigenvalue weighted by molar-refractivity contribution is 14.0. The molecule has 170 valence electrons. The van der Waals surface area contributed by atoms with E-state index in [2.05, 4.69) is 25.8 Å². The van der Waals surface area contributed by atoms with Crippen molar-refractivity contribution < 1.29 is 9.21 Å². The fraction of sp³-hybridized carbons (Fsp3) is 0.455. The molecule has 0 aliphatic carbocycles. The van der Waals surface area contributed by atoms with Gasteiger partial charge in [-0.3, -0.25) is 14.7 Å². The van der Waals surface area contributed by atoms with E-state index in [1.165, 1.54) is 12.8 Å². The van der Waals surface area contributed by atoms with Crippen molar-refractivity contribution in [2.75, 3.05) is 38.5 Å². The molecule has 1 fully saturated rings. The average Bonchev–Trinajstić information content (AvgIpc) is 3.46. The lowest BCUT2D eigenvalue weighted by Gasteiger charge is -2.26. The van der Waals surface area contributed by atoms with Crippen LogP contribution in [0.1, 0.15) is 37.5 Å². The van der Waals surface area contributed by atoms with Crippen LogP contribution < -0.4 is 16.0 Å². The number of likely N-dealkylation sites (tertiary alicyclic amines) is 1. The molecule has 3 rings (SSSR count). The third kappa shape index (κ3) is 8.34. The number of furan rings is 1. The lowest BCUT2D eigenvalue weighted by Crippen LogP contribution is -2.43. The number of carbonyl (C=O) groups excluding carboxylic acids is 1. The maximum atomic E-state index is 12.1. The number of rotatable bonds is 9. The summed E-state index contributed by atoms with van der Waals surface area (Å²) in [6.45, 7) is 3.54. The Morgan fingerprint density at radius 2 is 1.94 bits per heavy atom. The first-order valence-electron chi connectivity index (χ1n) is 10.4. The highest BCUT2D eigenvalue weighted by Gasteiger charge is 2.25. The van der Waals surface area contributed by atoms with E-state index < -0.39 is 0 Å². The van der Waals surface area contributed by atoms with E-state index in [9.17, 15) is 4.79 Å². The summed E-state index contributed by atoms with van der Waals surface area (Å²) in [4.78, 5) is 18.8. The van der Waals surface area contributed by atoms with Crippen molar-refractivity contribution in [1.29, 1.82) is 0 Å². The summed E-state index contributed by atoms with van der Waals surface area (Å²) >= 11 is 5.86. The fourth-order valence-corrected chi connectivity index (χ4v) is 3.70. The van der Waals surface area contributed by atoms with Crippen molar-refractivity contribution in [2.24, 2.45) is 4.99 Å². The number of benzene rings is 1. The molecule has 1 amide bonds. The van der Waals surface area contributed by atoms with Gasteiger partial charge in [-0.2, -0.15) is 0 Å². The molecule has 1 aromatic heterocycles. The number of nitrogens with one attached hydrogen (secondary N) is 3. The van der Waals surface area contributed by atoms with Crippen molar-refractivity contribution in [3.8, 4) is 0 Å². The second kappa shape index (κ2) is 13.6. The molecule has 7 nitrogen and oxygen atoms in total. The SMILES string of the molecule is CN=C(NCCCC(=O)Nc1ccc(Cl)cc1)NCC(c1ccco1)N1CCCC1.I. The minimum Gasteiger partial charge on any atom is -0.468 e. The molecule has 0 bridgehead atoms. The van der Waals surface area contributed by atoms with Crippen LogP contribution in [0.15, 0.2) is 52.1 Å². The summed E-state index contributed by atoms with van der Waals surface area (Å²) in [5.74, 6) is 1.68. The van der Waals surface area contributed by atoms with Crippen LogP contribution in [-0.2, 0) is 4.79 Å². The quantitative estimate of drug-likeness (QED) is 0.185. The molecule has 0 spiro atoms. The Morgan fingerprint density at radius 1 is 1.19 bits per heavy atom. The van der Waals surface area contributed by atoms with Crippen LogP contribution in [0.4, 0.5) is 5.69 Å². The summed E-state index contributed by atoms with van der Waals surface area (Å²) < 4.78 is 5.66. The Labute approximate surface area is 206 Å². The number of halogens is 2. The predicted molar refractivity (Wildman–Crippen MR) is 136 cm³/mol. The standard InChI is InChI=1S/C22H30ClN5O2.HI/c1-24-22(25-12-4-7-21(29)27-18-10-8-17(23)9-11-18)26-16-19(20-6-5-15-30-20)28-13-2-3-14-28;/h5-6,8-11,15,19H,2-4,7,12-14,16H2,1H3,(H,27,29)(H2,24,25,26);1H. The largest absolute Gasteiger partial charge is 0.468 e. The van der Waals surface area contributed by atoms with Crippen molar-refractivity contribution in [2.45, 2.75) is 31.7 Å². The van der Waals surface area contributed by atoms with Gasteiger partial charge < -0.3 is 20.4 Å². The first-order valence-corrected chi connectivity index (χ1v) is 10.8. The average molecular weight is 560 g/mol. The molecule has 2 heterocycles. The molecule has 1 unspecified atom stereocenters. The van der Waals surface area contributed by atoms with E-state index in [4.69, 9.17) is 16.0 Å². The van der Waals surface area contributed by atoms with Crippen molar-refractivity contribution in [3.05, 3.63) is 53.4 Å². The van der Waals surface area contributed by atoms with Crippen molar-refractivity contribution in [1.82, 2.24) is 15.5 Å². The van der Waals surface area contributed by atoms with E-state index in [0.717, 1.165) is 30.5 Å². The molecular weight excluding hydrogens is 529 g/mol. The van der Waals surface area contributed by atoms with Gasteiger partial charge >= 0.3 is 0 Å². The van der Waals surface area contributed by atoms with E-state index in [0.29, 0.717) is 31.0 Å². The second-order valence-electron chi connectivity index (χ2n) is 7.31. The van der Waals surface area contributed by atoms with Crippen LogP contribution in [0.2, 0.25) is 5.02 Å². The summed E-state index contributed by atoms with van der Waals surface area (Å²) in [6, 6.07) is 11.2. The fourth-order valence-electron chi connectivity index (χ4n) is 3.57. The van der Waals surface area contributed by atoms with Crippen LogP contribution in [0.5, 0.6) is 0 Å². The summed E-state index contributed by atoms with van der Waals surface area (Å²) in [5.41, 5.74) is 0.751. The number of hydrogen-bond donors (Lipinski definition) is 3. The summed E-state index contributed by atoms with van der Waals surface area (Å²) in [7, 11) is 1.75. The number of aliphatic imine (C=N–C) groups is 1. The second-order valence-corrected chi connectivity index (χ2v) is 7.75. The van der Waals surface area contributed by atoms with Crippen molar-refractivity contribution >= 4 is 53.1 Å². The molecule has 9 heteroatoms. The lowest BCUT2D eigenvalue weighted by molar-refractivity contribution is -0.116. The molecule has 31 heavy (non-hydrogen) atoms. The lowest BCUT2D eigenvalue weighted by atomic mass is 10.2. The first-order chi connectivity index (χ1) is 14.7. The molecule has 0 radical (unpaired) electrons. The minimum atomic E-state index is -0.0195. The Bertz CT molecular complexity index is 808. The molecule has 1 aliphatic heterocycles. The van der Waals surface area contributed by atoms with E-state index in [1.54, 1.807) is 37.6 Å². The number of guanidine groups is 1. The molecule has 1 aromatic carbocycles. The minimum absolute atomic E-state index is 0. The molecular formula is C22H31ClIN5O2. The topological polar surface area (TPSA) is 81.9 Å². The number of amides is 1. The van der Waals surface area contributed by atoms with Gasteiger partial charge in [0.1, 0.15) is 5.76 Å². The molecule has 1 saturated heterocycles. The van der Waals surface area contributed by atoms with Gasteiger partial charge in [-0.1, -0.05) is 11.6 Å². The van der Waals surface area contributed by atoms with Gasteiger partial charge in [0, 0.05) is 37.3 Å². The number of nitrogens with zero attached hydrogens (tertiary/aromatic N) is 2. The Balaban J connectivity index is 0.00000341. The van der Waals surface area contributed by atoms with Crippen LogP contribution in [-0.4, -0.2) is 50.0 Å². The third-order valence-corrected chi connectivity index (χ3v) is 5.39. The van der Waals surface area contributed by atoms with Crippen LogP contribution in [0.25, 0.3) is 0 Å². The van der Waals surface area contributed by atoms with Crippen molar-refractivity contribution in [3.63, 3.8) is 0 Å². The summed E-state index contributed by atoms with van der Waals surface area (Å²) in [6.07, 6.45) is 5.30. The number of hydrogen-bond acceptors (Lipinski definition) is 4. The van der Waals surface area contributed by atoms with Gasteiger partial charge in [-0.05, 0) is 68.8 Å². The zero-order valence-corrected chi connectivity index (χ0v) is 20.9. The van der Waals surface area contributed by atoms with Crippen LogP contribution in [0, 0.1) is 0 Å². The highest BCUT2D eigenvalue weighted by atomic mass is 127. The van der Waals surface area contributed by atoms with E-state index in [1.807, 2.05) is 12.1 Å². The summed E-state index contributed by atoms with van der Waals surface area (Å²) in [5, 5.41) is 10.2. The first kappa shape index (κ1) is 25.5. The van der Waals surface area contributed by atoms with Gasteiger partial charge in [0.25, 0.3) is 0 Å². The van der Waals surface area contributed by atoms with Gasteiger partial charge in [-0.15, -0.1) is 24.0 Å². The Morgan fingerprint density at radius 3 is 2.58 bits per heavy atom. The molecule has 1 aliphatic rings. The zero-order valence-electron chi connectivity index (χ0n) is 17.8. The van der Waals surface area contributed by atoms with Gasteiger partial charge in [0.2, 0.25) is 5.91 Å². The van der Waals surface area contributed by atoms with Gasteiger partial charge in [-0.25, -0.2) is 0 Å². The normalized spacial score (nSPS) is 15.2. The maximum absolute atomic E-state index is 12.1. The van der Waals surface area contributed by atoms with E-state index in [-0.39, 0.29) is 35.9 Å². The smallest absolute Gasteiger partial charge is 0.224 e. The number of anilines is 1. The van der Waals surface area contributed by atoms with Crippen LogP contribution in [0.3, 0.4) is 0 Å². The molecule has 1 atom stereocenters. The van der Waals surface area contributed by atoms with E-state index >= 15 is 0 Å². The predicted octanol–water partition coefficient (Wildman–Crippen LogP) is 4.27. The van der Waals surface area contributed by atoms with Gasteiger partial charge in [0.05, 0.1) is 12.3 Å².